The van der Waals surface area contributed by atoms with Gasteiger partial charge in [-0.05, 0) is 54.1 Å². The maximum atomic E-state index is 12.4. The highest BCUT2D eigenvalue weighted by Gasteiger charge is 2.16. The summed E-state index contributed by atoms with van der Waals surface area (Å²) in [6.07, 6.45) is -0.671. The van der Waals surface area contributed by atoms with E-state index in [-0.39, 0.29) is 12.5 Å². The van der Waals surface area contributed by atoms with Crippen molar-refractivity contribution in [1.82, 2.24) is 15.5 Å². The summed E-state index contributed by atoms with van der Waals surface area (Å²) in [6, 6.07) is 21.0. The first-order chi connectivity index (χ1) is 14.6. The number of hydrogen-bond donors (Lipinski definition) is 1. The van der Waals surface area contributed by atoms with Crippen LogP contribution in [0.5, 0.6) is 11.5 Å². The summed E-state index contributed by atoms with van der Waals surface area (Å²) in [6.45, 7) is 1.81. The Bertz CT molecular complexity index is 1150. The highest BCUT2D eigenvalue weighted by atomic mass is 16.5. The monoisotopic (exact) mass is 403 g/mol. The second-order valence-electron chi connectivity index (χ2n) is 6.73. The third-order valence-electron chi connectivity index (χ3n) is 4.63. The van der Waals surface area contributed by atoms with Crippen molar-refractivity contribution < 1.29 is 18.8 Å². The molecule has 0 saturated heterocycles. The summed E-state index contributed by atoms with van der Waals surface area (Å²) in [7, 11) is 1.61. The largest absolute Gasteiger partial charge is 0.497 e. The fraction of sp³-hybridized carbons (Fsp3) is 0.174. The lowest BCUT2D eigenvalue weighted by Gasteiger charge is -2.14. The molecule has 7 nitrogen and oxygen atoms in total. The highest BCUT2D eigenvalue weighted by molar-refractivity contribution is 5.84. The normalized spacial score (nSPS) is 11.8. The standard InChI is InChI=1S/C23H21N3O4/c1-15(29-20-12-7-16-5-3-4-6-18(16)13-20)23(27)24-14-21-25-22(26-30-21)17-8-10-19(28-2)11-9-17/h3-13,15H,14H2,1-2H3,(H,24,27). The molecule has 4 aromatic rings. The van der Waals surface area contributed by atoms with E-state index < -0.39 is 6.10 Å². The molecule has 0 aliphatic heterocycles. The van der Waals surface area contributed by atoms with Gasteiger partial charge in [0.2, 0.25) is 11.7 Å². The van der Waals surface area contributed by atoms with Crippen LogP contribution < -0.4 is 14.8 Å². The molecule has 0 spiro atoms. The predicted molar refractivity (Wildman–Crippen MR) is 112 cm³/mol. The Morgan fingerprint density at radius 2 is 1.77 bits per heavy atom. The second-order valence-corrected chi connectivity index (χ2v) is 6.73. The third-order valence-corrected chi connectivity index (χ3v) is 4.63. The van der Waals surface area contributed by atoms with Crippen molar-refractivity contribution in [2.45, 2.75) is 19.6 Å². The van der Waals surface area contributed by atoms with Gasteiger partial charge in [0.25, 0.3) is 5.91 Å². The van der Waals surface area contributed by atoms with E-state index in [4.69, 9.17) is 14.0 Å². The van der Waals surface area contributed by atoms with Crippen LogP contribution >= 0.6 is 0 Å². The summed E-state index contributed by atoms with van der Waals surface area (Å²) in [5, 5.41) is 8.88. The number of methoxy groups -OCH3 is 1. The van der Waals surface area contributed by atoms with Crippen LogP contribution in [0, 0.1) is 0 Å². The zero-order valence-electron chi connectivity index (χ0n) is 16.7. The van der Waals surface area contributed by atoms with Gasteiger partial charge in [-0.2, -0.15) is 4.98 Å². The fourth-order valence-corrected chi connectivity index (χ4v) is 2.99. The molecule has 0 aliphatic carbocycles. The molecule has 7 heteroatoms. The summed E-state index contributed by atoms with van der Waals surface area (Å²) in [4.78, 5) is 16.7. The maximum absolute atomic E-state index is 12.4. The Morgan fingerprint density at radius 3 is 2.53 bits per heavy atom. The first kappa shape index (κ1) is 19.4. The minimum atomic E-state index is -0.671. The van der Waals surface area contributed by atoms with Gasteiger partial charge in [0.1, 0.15) is 11.5 Å². The molecule has 0 aliphatic rings. The van der Waals surface area contributed by atoms with Gasteiger partial charge in [-0.1, -0.05) is 35.5 Å². The first-order valence-electron chi connectivity index (χ1n) is 9.52. The van der Waals surface area contributed by atoms with Crippen LogP contribution in [0.1, 0.15) is 12.8 Å². The van der Waals surface area contributed by atoms with E-state index in [9.17, 15) is 4.79 Å². The Morgan fingerprint density at radius 1 is 1.03 bits per heavy atom. The molecular formula is C23H21N3O4. The van der Waals surface area contributed by atoms with Crippen LogP contribution in [0.25, 0.3) is 22.2 Å². The average Bonchev–Trinajstić information content (AvgIpc) is 3.26. The van der Waals surface area contributed by atoms with Crippen molar-refractivity contribution in [1.29, 1.82) is 0 Å². The van der Waals surface area contributed by atoms with Crippen molar-refractivity contribution in [3.05, 3.63) is 72.6 Å². The third kappa shape index (κ3) is 4.41. The lowest BCUT2D eigenvalue weighted by molar-refractivity contribution is -0.127. The van der Waals surface area contributed by atoms with Gasteiger partial charge in [-0.25, -0.2) is 0 Å². The summed E-state index contributed by atoms with van der Waals surface area (Å²) < 4.78 is 16.1. The molecule has 4 rings (SSSR count). The summed E-state index contributed by atoms with van der Waals surface area (Å²) in [5.74, 6) is 1.87. The minimum absolute atomic E-state index is 0.118. The van der Waals surface area contributed by atoms with Gasteiger partial charge in [0.05, 0.1) is 13.7 Å². The molecule has 30 heavy (non-hydrogen) atoms. The van der Waals surface area contributed by atoms with Gasteiger partial charge >= 0.3 is 0 Å². The van der Waals surface area contributed by atoms with Gasteiger partial charge in [-0.3, -0.25) is 4.79 Å². The lowest BCUT2D eigenvalue weighted by atomic mass is 10.1. The average molecular weight is 403 g/mol. The number of nitrogens with zero attached hydrogens (tertiary/aromatic N) is 2. The Kier molecular flexibility index (Phi) is 5.61. The number of aromatic nitrogens is 2. The number of amides is 1. The van der Waals surface area contributed by atoms with Crippen molar-refractivity contribution in [2.24, 2.45) is 0 Å². The van der Waals surface area contributed by atoms with Crippen molar-refractivity contribution >= 4 is 16.7 Å². The zero-order valence-corrected chi connectivity index (χ0v) is 16.7. The molecule has 1 N–H and O–H groups in total. The van der Waals surface area contributed by atoms with Crippen LogP contribution in [0.15, 0.2) is 71.3 Å². The van der Waals surface area contributed by atoms with E-state index >= 15 is 0 Å². The number of hydrogen-bond acceptors (Lipinski definition) is 6. The molecule has 1 unspecified atom stereocenters. The van der Waals surface area contributed by atoms with E-state index in [1.807, 2.05) is 66.7 Å². The number of carbonyl (C=O) groups excluding carboxylic acids is 1. The quantitative estimate of drug-likeness (QED) is 0.502. The van der Waals surface area contributed by atoms with Crippen LogP contribution in [0.3, 0.4) is 0 Å². The van der Waals surface area contributed by atoms with E-state index in [0.29, 0.717) is 17.5 Å². The number of nitrogens with one attached hydrogen (secondary N) is 1. The van der Waals surface area contributed by atoms with Crippen LogP contribution in [-0.2, 0) is 11.3 Å². The van der Waals surface area contributed by atoms with E-state index in [1.54, 1.807) is 14.0 Å². The Hall–Kier alpha value is -3.87. The molecule has 3 aromatic carbocycles. The molecule has 1 aromatic heterocycles. The highest BCUT2D eigenvalue weighted by Crippen LogP contribution is 2.22. The van der Waals surface area contributed by atoms with Crippen molar-refractivity contribution in [3.8, 4) is 22.9 Å². The molecule has 1 atom stereocenters. The van der Waals surface area contributed by atoms with Crippen molar-refractivity contribution in [3.63, 3.8) is 0 Å². The summed E-state index contributed by atoms with van der Waals surface area (Å²) >= 11 is 0. The van der Waals surface area contributed by atoms with Crippen molar-refractivity contribution in [2.75, 3.05) is 7.11 Å². The molecule has 0 radical (unpaired) electrons. The van der Waals surface area contributed by atoms with Gasteiger partial charge in [0, 0.05) is 5.56 Å². The number of ether oxygens (including phenoxy) is 2. The smallest absolute Gasteiger partial charge is 0.261 e. The molecular weight excluding hydrogens is 382 g/mol. The molecule has 0 saturated carbocycles. The molecule has 152 valence electrons. The number of fused-ring (bicyclic) bond motifs is 1. The van der Waals surface area contributed by atoms with Crippen LogP contribution in [-0.4, -0.2) is 29.3 Å². The predicted octanol–water partition coefficient (Wildman–Crippen LogP) is 3.98. The van der Waals surface area contributed by atoms with Crippen LogP contribution in [0.4, 0.5) is 0 Å². The zero-order chi connectivity index (χ0) is 20.9. The number of rotatable bonds is 7. The number of carbonyl (C=O) groups is 1. The lowest BCUT2D eigenvalue weighted by Crippen LogP contribution is -2.35. The molecule has 1 amide bonds. The second kappa shape index (κ2) is 8.65. The Balaban J connectivity index is 1.34. The van der Waals surface area contributed by atoms with E-state index in [1.165, 1.54) is 0 Å². The minimum Gasteiger partial charge on any atom is -0.497 e. The summed E-state index contributed by atoms with van der Waals surface area (Å²) in [5.41, 5.74) is 0.796. The first-order valence-corrected chi connectivity index (χ1v) is 9.52. The number of benzene rings is 3. The molecule has 0 fully saturated rings. The fourth-order valence-electron chi connectivity index (χ4n) is 2.99. The molecule has 1 heterocycles. The van der Waals surface area contributed by atoms with Gasteiger partial charge < -0.3 is 19.3 Å². The van der Waals surface area contributed by atoms with Gasteiger partial charge in [0.15, 0.2) is 6.10 Å². The van der Waals surface area contributed by atoms with Gasteiger partial charge in [-0.15, -0.1) is 0 Å². The van der Waals surface area contributed by atoms with Crippen LogP contribution in [0.2, 0.25) is 0 Å². The van der Waals surface area contributed by atoms with E-state index in [0.717, 1.165) is 22.1 Å². The Labute approximate surface area is 173 Å². The SMILES string of the molecule is COc1ccc(-c2noc(CNC(=O)C(C)Oc3ccc4ccccc4c3)n2)cc1. The van der Waals surface area contributed by atoms with E-state index in [2.05, 4.69) is 15.5 Å². The topological polar surface area (TPSA) is 86.5 Å². The molecule has 0 bridgehead atoms. The maximum Gasteiger partial charge on any atom is 0.261 e.